The molecule has 0 aromatic rings. The van der Waals surface area contributed by atoms with Crippen molar-refractivity contribution < 1.29 is 9.84 Å². The van der Waals surface area contributed by atoms with Gasteiger partial charge in [0.25, 0.3) is 0 Å². The van der Waals surface area contributed by atoms with Crippen LogP contribution in [0.5, 0.6) is 0 Å². The second-order valence-electron chi connectivity index (χ2n) is 5.37. The van der Waals surface area contributed by atoms with Crippen LogP contribution in [0.1, 0.15) is 39.5 Å². The molecule has 2 N–H and O–H groups in total. The van der Waals surface area contributed by atoms with Crippen molar-refractivity contribution in [2.45, 2.75) is 51.2 Å². The second-order valence-corrected chi connectivity index (χ2v) is 5.37. The molecule has 1 saturated heterocycles. The lowest BCUT2D eigenvalue weighted by molar-refractivity contribution is 0.106. The van der Waals surface area contributed by atoms with E-state index in [4.69, 9.17) is 4.74 Å². The zero-order valence-corrected chi connectivity index (χ0v) is 12.2. The standard InChI is InChI=1S/C14H30N2O2/c1-4-14(12-17,15-5-2)8-6-9-16-10-7-13(11-16)18-3/h13,15,17H,4-12H2,1-3H3. The third-order valence-electron chi connectivity index (χ3n) is 4.22. The molecule has 0 aromatic carbocycles. The molecular formula is C14H30N2O2. The molecule has 2 atom stereocenters. The van der Waals surface area contributed by atoms with Crippen LogP contribution in [0.25, 0.3) is 0 Å². The van der Waals surface area contributed by atoms with E-state index in [0.29, 0.717) is 6.10 Å². The Bertz CT molecular complexity index is 220. The predicted octanol–water partition coefficient (Wildman–Crippen LogP) is 1.24. The van der Waals surface area contributed by atoms with E-state index in [1.165, 1.54) is 0 Å². The third-order valence-corrected chi connectivity index (χ3v) is 4.22. The average Bonchev–Trinajstić information content (AvgIpc) is 2.85. The molecule has 0 bridgehead atoms. The summed E-state index contributed by atoms with van der Waals surface area (Å²) in [6, 6.07) is 0. The monoisotopic (exact) mass is 258 g/mol. The van der Waals surface area contributed by atoms with Gasteiger partial charge in [-0.25, -0.2) is 0 Å². The highest BCUT2D eigenvalue weighted by Gasteiger charge is 2.27. The van der Waals surface area contributed by atoms with Gasteiger partial charge in [0.1, 0.15) is 0 Å². The lowest BCUT2D eigenvalue weighted by Crippen LogP contribution is -2.48. The van der Waals surface area contributed by atoms with Gasteiger partial charge in [-0.2, -0.15) is 0 Å². The molecule has 0 amide bonds. The fourth-order valence-electron chi connectivity index (χ4n) is 2.85. The second kappa shape index (κ2) is 8.10. The van der Waals surface area contributed by atoms with Gasteiger partial charge in [0.15, 0.2) is 0 Å². The van der Waals surface area contributed by atoms with Crippen molar-refractivity contribution in [1.82, 2.24) is 10.2 Å². The Morgan fingerprint density at radius 3 is 2.72 bits per heavy atom. The van der Waals surface area contributed by atoms with Gasteiger partial charge in [-0.15, -0.1) is 0 Å². The molecule has 0 radical (unpaired) electrons. The Labute approximate surface area is 112 Å². The molecule has 1 aliphatic heterocycles. The van der Waals surface area contributed by atoms with E-state index in [1.54, 1.807) is 7.11 Å². The summed E-state index contributed by atoms with van der Waals surface area (Å²) >= 11 is 0. The van der Waals surface area contributed by atoms with Crippen LogP contribution in [0.15, 0.2) is 0 Å². The minimum absolute atomic E-state index is 0.0743. The molecule has 0 saturated carbocycles. The average molecular weight is 258 g/mol. The number of aliphatic hydroxyl groups is 1. The first kappa shape index (κ1) is 15.9. The Kier molecular flexibility index (Phi) is 7.15. The van der Waals surface area contributed by atoms with Gasteiger partial charge >= 0.3 is 0 Å². The molecule has 1 fully saturated rings. The Balaban J connectivity index is 2.26. The fourth-order valence-corrected chi connectivity index (χ4v) is 2.85. The number of hydrogen-bond donors (Lipinski definition) is 2. The van der Waals surface area contributed by atoms with Crippen LogP contribution in [-0.4, -0.2) is 61.5 Å². The molecule has 1 rings (SSSR count). The molecular weight excluding hydrogens is 228 g/mol. The maximum Gasteiger partial charge on any atom is 0.0710 e. The van der Waals surface area contributed by atoms with Crippen LogP contribution < -0.4 is 5.32 Å². The van der Waals surface area contributed by atoms with E-state index >= 15 is 0 Å². The van der Waals surface area contributed by atoms with Crippen molar-refractivity contribution in [3.8, 4) is 0 Å². The first-order valence-electron chi connectivity index (χ1n) is 7.30. The molecule has 1 aliphatic rings. The summed E-state index contributed by atoms with van der Waals surface area (Å²) < 4.78 is 5.38. The lowest BCUT2D eigenvalue weighted by atomic mass is 9.91. The molecule has 18 heavy (non-hydrogen) atoms. The zero-order chi connectivity index (χ0) is 13.4. The van der Waals surface area contributed by atoms with E-state index < -0.39 is 0 Å². The summed E-state index contributed by atoms with van der Waals surface area (Å²) in [4.78, 5) is 2.47. The van der Waals surface area contributed by atoms with Gasteiger partial charge in [-0.1, -0.05) is 13.8 Å². The summed E-state index contributed by atoms with van der Waals surface area (Å²) in [5.74, 6) is 0. The number of aliphatic hydroxyl groups excluding tert-OH is 1. The maximum absolute atomic E-state index is 9.58. The Morgan fingerprint density at radius 2 is 2.22 bits per heavy atom. The quantitative estimate of drug-likeness (QED) is 0.653. The summed E-state index contributed by atoms with van der Waals surface area (Å²) in [6.45, 7) is 8.74. The maximum atomic E-state index is 9.58. The molecule has 0 aliphatic carbocycles. The summed E-state index contributed by atoms with van der Waals surface area (Å²) in [6.07, 6.45) is 4.74. The molecule has 0 aromatic heterocycles. The number of hydrogen-bond acceptors (Lipinski definition) is 4. The minimum atomic E-state index is -0.0743. The van der Waals surface area contributed by atoms with Crippen molar-refractivity contribution in [3.05, 3.63) is 0 Å². The summed E-state index contributed by atoms with van der Waals surface area (Å²) in [5.41, 5.74) is -0.0743. The minimum Gasteiger partial charge on any atom is -0.394 e. The van der Waals surface area contributed by atoms with Gasteiger partial charge in [0.05, 0.1) is 12.7 Å². The first-order valence-corrected chi connectivity index (χ1v) is 7.30. The predicted molar refractivity (Wildman–Crippen MR) is 74.9 cm³/mol. The van der Waals surface area contributed by atoms with Crippen LogP contribution in [0.4, 0.5) is 0 Å². The fraction of sp³-hybridized carbons (Fsp3) is 1.00. The van der Waals surface area contributed by atoms with E-state index in [-0.39, 0.29) is 12.1 Å². The van der Waals surface area contributed by atoms with Gasteiger partial charge in [-0.05, 0) is 38.8 Å². The van der Waals surface area contributed by atoms with Gasteiger partial charge in [0, 0.05) is 25.7 Å². The number of nitrogens with zero attached hydrogens (tertiary/aromatic N) is 1. The van der Waals surface area contributed by atoms with E-state index in [0.717, 1.165) is 51.9 Å². The van der Waals surface area contributed by atoms with Crippen LogP contribution in [0.2, 0.25) is 0 Å². The number of likely N-dealkylation sites (N-methyl/N-ethyl adjacent to an activating group) is 1. The van der Waals surface area contributed by atoms with Crippen molar-refractivity contribution in [3.63, 3.8) is 0 Å². The Hall–Kier alpha value is -0.160. The van der Waals surface area contributed by atoms with Gasteiger partial charge in [-0.3, -0.25) is 0 Å². The summed E-state index contributed by atoms with van der Waals surface area (Å²) in [5, 5.41) is 13.0. The highest BCUT2D eigenvalue weighted by atomic mass is 16.5. The highest BCUT2D eigenvalue weighted by molar-refractivity contribution is 4.86. The normalized spacial score (nSPS) is 24.3. The first-order chi connectivity index (χ1) is 8.69. The topological polar surface area (TPSA) is 44.7 Å². The van der Waals surface area contributed by atoms with E-state index in [1.807, 2.05) is 0 Å². The number of likely N-dealkylation sites (tertiary alicyclic amines) is 1. The molecule has 4 heteroatoms. The third kappa shape index (κ3) is 4.50. The van der Waals surface area contributed by atoms with E-state index in [9.17, 15) is 5.11 Å². The van der Waals surface area contributed by atoms with Gasteiger partial charge < -0.3 is 20.1 Å². The molecule has 4 nitrogen and oxygen atoms in total. The van der Waals surface area contributed by atoms with Crippen molar-refractivity contribution >= 4 is 0 Å². The molecule has 0 spiro atoms. The zero-order valence-electron chi connectivity index (χ0n) is 12.2. The van der Waals surface area contributed by atoms with Gasteiger partial charge in [0.2, 0.25) is 0 Å². The SMILES string of the molecule is CCNC(CC)(CO)CCCN1CCC(OC)C1. The smallest absolute Gasteiger partial charge is 0.0710 e. The highest BCUT2D eigenvalue weighted by Crippen LogP contribution is 2.19. The Morgan fingerprint density at radius 1 is 1.44 bits per heavy atom. The van der Waals surface area contributed by atoms with Crippen LogP contribution >= 0.6 is 0 Å². The lowest BCUT2D eigenvalue weighted by Gasteiger charge is -2.32. The van der Waals surface area contributed by atoms with Crippen LogP contribution in [0.3, 0.4) is 0 Å². The largest absolute Gasteiger partial charge is 0.394 e. The van der Waals surface area contributed by atoms with Crippen molar-refractivity contribution in [2.75, 3.05) is 39.9 Å². The number of ether oxygens (including phenoxy) is 1. The summed E-state index contributed by atoms with van der Waals surface area (Å²) in [7, 11) is 1.80. The van der Waals surface area contributed by atoms with E-state index in [2.05, 4.69) is 24.1 Å². The van der Waals surface area contributed by atoms with Crippen molar-refractivity contribution in [2.24, 2.45) is 0 Å². The number of nitrogens with one attached hydrogen (secondary N) is 1. The van der Waals surface area contributed by atoms with Crippen LogP contribution in [0, 0.1) is 0 Å². The molecule has 1 heterocycles. The molecule has 108 valence electrons. The van der Waals surface area contributed by atoms with Crippen LogP contribution in [-0.2, 0) is 4.74 Å². The number of rotatable bonds is 9. The molecule has 2 unspecified atom stereocenters. The number of methoxy groups -OCH3 is 1. The van der Waals surface area contributed by atoms with Crippen molar-refractivity contribution in [1.29, 1.82) is 0 Å².